The van der Waals surface area contributed by atoms with E-state index >= 15 is 0 Å². The standard InChI is InChI=1S/C21H30N2O.C6H8O7/c1-4-7-15-23(17-16-22(5-2)6-3)21(24)20-14-10-12-18-11-8-9-13-19(18)20;7-3(8)1-6(13,5(11)12)2-4(9)10/h8-14H,4-7,15-17H2,1-3H3;13H,1-2H2,(H,7,8)(H,9,10)(H,11,12)/p-1. The molecule has 3 N–H and O–H groups in total. The summed E-state index contributed by atoms with van der Waals surface area (Å²) in [6.45, 7) is 11.8. The number of aliphatic hydroxyl groups is 1. The van der Waals surface area contributed by atoms with Crippen LogP contribution in [0.25, 0.3) is 10.8 Å². The van der Waals surface area contributed by atoms with E-state index in [1.165, 1.54) is 0 Å². The Hall–Kier alpha value is -3.34. The predicted octanol–water partition coefficient (Wildman–Crippen LogP) is -3.66. The van der Waals surface area contributed by atoms with Crippen LogP contribution in [-0.2, 0) is 14.4 Å². The molecule has 2 aromatic carbocycles. The Labute approximate surface area is 217 Å². The molecule has 0 saturated heterocycles. The van der Waals surface area contributed by atoms with Gasteiger partial charge < -0.3 is 39.7 Å². The van der Waals surface area contributed by atoms with Crippen molar-refractivity contribution in [3.8, 4) is 0 Å². The number of amides is 1. The first kappa shape index (κ1) is 31.7. The zero-order valence-corrected chi connectivity index (χ0v) is 21.7. The molecule has 0 aliphatic heterocycles. The van der Waals surface area contributed by atoms with Crippen LogP contribution in [0.2, 0.25) is 0 Å². The number of nitrogens with one attached hydrogen (secondary N) is 2. The van der Waals surface area contributed by atoms with E-state index in [9.17, 15) is 34.5 Å². The highest BCUT2D eigenvalue weighted by atomic mass is 16.4. The fourth-order valence-electron chi connectivity index (χ4n) is 3.97. The summed E-state index contributed by atoms with van der Waals surface area (Å²) in [5.41, 5.74) is -2.11. The Balaban J connectivity index is 0.000000448. The Morgan fingerprint density at radius 1 is 0.811 bits per heavy atom. The quantitative estimate of drug-likeness (QED) is 0.231. The molecule has 0 heterocycles. The zero-order chi connectivity index (χ0) is 28.0. The van der Waals surface area contributed by atoms with Crippen molar-refractivity contribution in [2.45, 2.75) is 52.1 Å². The first-order valence-corrected chi connectivity index (χ1v) is 12.5. The van der Waals surface area contributed by atoms with Crippen LogP contribution < -0.4 is 25.1 Å². The molecule has 0 saturated carbocycles. The van der Waals surface area contributed by atoms with E-state index in [0.29, 0.717) is 0 Å². The van der Waals surface area contributed by atoms with E-state index in [4.69, 9.17) is 5.11 Å². The summed E-state index contributed by atoms with van der Waals surface area (Å²) >= 11 is 0. The number of hydrogen-bond donors (Lipinski definition) is 3. The summed E-state index contributed by atoms with van der Waals surface area (Å²) in [5.74, 6) is -5.73. The van der Waals surface area contributed by atoms with Crippen LogP contribution >= 0.6 is 0 Å². The normalized spacial score (nSPS) is 12.0. The summed E-state index contributed by atoms with van der Waals surface area (Å²) in [6, 6.07) is 14.3. The molecule has 1 amide bonds. The van der Waals surface area contributed by atoms with Crippen molar-refractivity contribution in [1.29, 1.82) is 0 Å². The minimum absolute atomic E-state index is 0.256. The van der Waals surface area contributed by atoms with Gasteiger partial charge in [0.25, 0.3) is 0 Å². The van der Waals surface area contributed by atoms with Gasteiger partial charge in [0.2, 0.25) is 0 Å². The van der Waals surface area contributed by atoms with Gasteiger partial charge in [-0.1, -0.05) is 49.7 Å². The minimum atomic E-state index is -2.97. The largest absolute Gasteiger partial charge is 0.550 e. The molecule has 1 atom stereocenters. The van der Waals surface area contributed by atoms with Crippen LogP contribution in [0.3, 0.4) is 0 Å². The Morgan fingerprint density at radius 3 is 1.89 bits per heavy atom. The molecule has 0 spiro atoms. The van der Waals surface area contributed by atoms with Gasteiger partial charge >= 0.3 is 5.91 Å². The molecule has 0 fully saturated rings. The second-order valence-corrected chi connectivity index (χ2v) is 8.94. The highest BCUT2D eigenvalue weighted by molar-refractivity contribution is 6.03. The first-order chi connectivity index (χ1) is 17.5. The summed E-state index contributed by atoms with van der Waals surface area (Å²) in [7, 11) is 0. The van der Waals surface area contributed by atoms with Gasteiger partial charge in [-0.15, -0.1) is 0 Å². The smallest absolute Gasteiger partial charge is 0.345 e. The third-order valence-corrected chi connectivity index (χ3v) is 6.22. The summed E-state index contributed by atoms with van der Waals surface area (Å²) in [4.78, 5) is 45.9. The van der Waals surface area contributed by atoms with Crippen molar-refractivity contribution in [1.82, 2.24) is 0 Å². The summed E-state index contributed by atoms with van der Waals surface area (Å²) in [5, 5.41) is 41.1. The van der Waals surface area contributed by atoms with Crippen molar-refractivity contribution >= 4 is 34.6 Å². The minimum Gasteiger partial charge on any atom is -0.550 e. The lowest BCUT2D eigenvalue weighted by Gasteiger charge is -2.29. The number of carboxylic acids is 3. The van der Waals surface area contributed by atoms with Crippen LogP contribution in [0.4, 0.5) is 0 Å². The fraction of sp³-hybridized carbons (Fsp3) is 0.481. The summed E-state index contributed by atoms with van der Waals surface area (Å²) in [6.07, 6.45) is -0.490. The number of hydrogen-bond acceptors (Lipinski definition) is 8. The van der Waals surface area contributed by atoms with Gasteiger partial charge in [-0.3, -0.25) is 4.90 Å². The Bertz CT molecular complexity index is 1030. The Morgan fingerprint density at radius 2 is 1.38 bits per heavy atom. The van der Waals surface area contributed by atoms with Crippen molar-refractivity contribution in [2.75, 3.05) is 32.7 Å². The third-order valence-electron chi connectivity index (χ3n) is 6.22. The molecule has 204 valence electrons. The number of carbonyl (C=O) groups is 4. The lowest BCUT2D eigenvalue weighted by Crippen LogP contribution is -3.21. The predicted molar refractivity (Wildman–Crippen MR) is 130 cm³/mol. The molecule has 0 bridgehead atoms. The van der Waals surface area contributed by atoms with E-state index in [1.807, 2.05) is 24.3 Å². The topological polar surface area (TPSA) is 167 Å². The van der Waals surface area contributed by atoms with Gasteiger partial charge in [0, 0.05) is 24.8 Å². The second-order valence-electron chi connectivity index (χ2n) is 8.94. The molecule has 0 radical (unpaired) electrons. The number of carboxylic acid groups (broad SMARTS) is 3. The van der Waals surface area contributed by atoms with E-state index in [0.717, 1.165) is 66.8 Å². The molecule has 10 nitrogen and oxygen atoms in total. The monoisotopic (exact) mass is 517 g/mol. The number of quaternary nitrogens is 2. The number of benzene rings is 2. The lowest BCUT2D eigenvalue weighted by atomic mass is 9.96. The molecule has 2 rings (SSSR count). The van der Waals surface area contributed by atoms with E-state index < -0.39 is 36.4 Å². The van der Waals surface area contributed by atoms with E-state index in [2.05, 4.69) is 39.0 Å². The van der Waals surface area contributed by atoms with Crippen molar-refractivity contribution in [2.24, 2.45) is 0 Å². The molecule has 10 heteroatoms. The van der Waals surface area contributed by atoms with Crippen molar-refractivity contribution < 1.29 is 49.4 Å². The van der Waals surface area contributed by atoms with Crippen LogP contribution in [0.5, 0.6) is 0 Å². The zero-order valence-electron chi connectivity index (χ0n) is 21.7. The molecular formula is C27H37N2O8-. The van der Waals surface area contributed by atoms with Gasteiger partial charge in [0.05, 0.1) is 31.2 Å². The van der Waals surface area contributed by atoms with Gasteiger partial charge in [-0.05, 0) is 37.1 Å². The van der Waals surface area contributed by atoms with Crippen molar-refractivity contribution in [3.05, 3.63) is 48.0 Å². The van der Waals surface area contributed by atoms with Crippen molar-refractivity contribution in [3.63, 3.8) is 0 Å². The maximum absolute atomic E-state index is 13.2. The number of likely N-dealkylation sites (N-methyl/N-ethyl adjacent to an activating group) is 1. The van der Waals surface area contributed by atoms with Gasteiger partial charge in [-0.2, -0.15) is 0 Å². The van der Waals surface area contributed by atoms with E-state index in [-0.39, 0.29) is 5.91 Å². The van der Waals surface area contributed by atoms with Crippen LogP contribution in [0.1, 0.15) is 56.8 Å². The average Bonchev–Trinajstić information content (AvgIpc) is 2.85. The molecule has 0 aliphatic rings. The first-order valence-electron chi connectivity index (χ1n) is 12.5. The number of fused-ring (bicyclic) bond motifs is 1. The molecular weight excluding hydrogens is 480 g/mol. The third kappa shape index (κ3) is 10.3. The average molecular weight is 518 g/mol. The summed E-state index contributed by atoms with van der Waals surface area (Å²) < 4.78 is 0. The van der Waals surface area contributed by atoms with Gasteiger partial charge in [-0.25, -0.2) is 4.79 Å². The van der Waals surface area contributed by atoms with Gasteiger partial charge in [0.15, 0.2) is 0 Å². The SMILES string of the molecule is CCCC[NH+](CC[NH+](CC)CC)C(=O)c1cccc2ccccc12.O=C([O-])CC(O)(CC(=O)[O-])C(=O)[O-]. The number of rotatable bonds is 14. The van der Waals surface area contributed by atoms with E-state index in [1.54, 1.807) is 4.90 Å². The fourth-order valence-corrected chi connectivity index (χ4v) is 3.97. The maximum atomic E-state index is 13.2. The highest BCUT2D eigenvalue weighted by Crippen LogP contribution is 2.17. The van der Waals surface area contributed by atoms with Gasteiger partial charge in [0.1, 0.15) is 18.7 Å². The number of unbranched alkanes of at least 4 members (excludes halogenated alkanes) is 1. The highest BCUT2D eigenvalue weighted by Gasteiger charge is 2.29. The molecule has 37 heavy (non-hydrogen) atoms. The molecule has 1 unspecified atom stereocenters. The Kier molecular flexibility index (Phi) is 13.4. The maximum Gasteiger partial charge on any atom is 0.345 e. The lowest BCUT2D eigenvalue weighted by molar-refractivity contribution is -0.927. The van der Waals surface area contributed by atoms with Crippen LogP contribution in [-0.4, -0.2) is 67.2 Å². The van der Waals surface area contributed by atoms with Crippen LogP contribution in [0, 0.1) is 0 Å². The molecule has 0 aromatic heterocycles. The number of carbonyl (C=O) groups excluding carboxylic acids is 4. The van der Waals surface area contributed by atoms with Crippen LogP contribution in [0.15, 0.2) is 42.5 Å². The second kappa shape index (κ2) is 15.7. The molecule has 0 aliphatic carbocycles. The number of aliphatic carboxylic acids is 3. The molecule has 2 aromatic rings.